The molecular weight excluding hydrogens is 474 g/mol. The van der Waals surface area contributed by atoms with Gasteiger partial charge in [-0.25, -0.2) is 0 Å². The van der Waals surface area contributed by atoms with Crippen molar-refractivity contribution in [2.75, 3.05) is 12.8 Å². The number of carbonyl (C=O) groups excluding carboxylic acids is 3. The van der Waals surface area contributed by atoms with Crippen molar-refractivity contribution < 1.29 is 14.4 Å². The van der Waals surface area contributed by atoms with E-state index in [1.54, 1.807) is 23.7 Å². The molecule has 3 aliphatic rings. The maximum absolute atomic E-state index is 13.7. The van der Waals surface area contributed by atoms with E-state index in [1.165, 1.54) is 0 Å². The number of carbonyl (C=O) groups is 3. The molecule has 10 heteroatoms. The summed E-state index contributed by atoms with van der Waals surface area (Å²) in [7, 11) is 1.59. The van der Waals surface area contributed by atoms with Gasteiger partial charge in [0.25, 0.3) is 5.91 Å². The van der Waals surface area contributed by atoms with Crippen LogP contribution in [0, 0.1) is 5.41 Å². The van der Waals surface area contributed by atoms with Crippen LogP contribution in [0.5, 0.6) is 0 Å². The zero-order valence-electron chi connectivity index (χ0n) is 19.9. The van der Waals surface area contributed by atoms with Gasteiger partial charge in [0, 0.05) is 5.02 Å². The van der Waals surface area contributed by atoms with Crippen LogP contribution < -0.4 is 21.7 Å². The van der Waals surface area contributed by atoms with Crippen molar-refractivity contribution in [3.05, 3.63) is 34.3 Å². The molecule has 0 unspecified atom stereocenters. The van der Waals surface area contributed by atoms with Gasteiger partial charge in [-0.1, -0.05) is 31.5 Å². The molecule has 3 amide bonds. The summed E-state index contributed by atoms with van der Waals surface area (Å²) in [6.45, 7) is 4.08. The third-order valence-corrected chi connectivity index (χ3v) is 8.68. The molecule has 1 aromatic rings. The number of fused-ring (bicyclic) bond motifs is 2. The standard InChI is InChI=1S/C24H34ClN5O3S/c1-24(2)12-18-30(23(33)17(9-10-34-18)29-22(32)20(26)27-3)19(24)21(31)28-16-6-4-5-13-11-14(25)7-8-15(13)16/h7-8,11,16-20,27H,4-6,9-10,12,26H2,1-3H3,(H,28,31)(H,29,32)/t16-,17+,18+,19-,20-/m1/s1. The predicted molar refractivity (Wildman–Crippen MR) is 134 cm³/mol. The fourth-order valence-electron chi connectivity index (χ4n) is 5.43. The van der Waals surface area contributed by atoms with Crippen molar-refractivity contribution in [3.63, 3.8) is 0 Å². The number of thioether (sulfide) groups is 1. The van der Waals surface area contributed by atoms with Crippen LogP contribution in [0.15, 0.2) is 18.2 Å². The Kier molecular flexibility index (Phi) is 7.47. The van der Waals surface area contributed by atoms with Crippen LogP contribution in [0.4, 0.5) is 0 Å². The second kappa shape index (κ2) is 10.0. The fourth-order valence-corrected chi connectivity index (χ4v) is 7.20. The van der Waals surface area contributed by atoms with Crippen molar-refractivity contribution in [2.45, 2.75) is 75.6 Å². The van der Waals surface area contributed by atoms with Crippen LogP contribution in [0.1, 0.15) is 56.7 Å². The molecule has 0 aromatic heterocycles. The number of rotatable bonds is 5. The maximum Gasteiger partial charge on any atom is 0.252 e. The van der Waals surface area contributed by atoms with Gasteiger partial charge in [0.1, 0.15) is 18.2 Å². The highest BCUT2D eigenvalue weighted by Gasteiger charge is 2.54. The number of benzene rings is 1. The average Bonchev–Trinajstić information content (AvgIpc) is 2.98. The molecule has 1 aromatic carbocycles. The molecular formula is C24H34ClN5O3S. The second-order valence-corrected chi connectivity index (χ2v) is 11.8. The topological polar surface area (TPSA) is 117 Å². The van der Waals surface area contributed by atoms with E-state index in [9.17, 15) is 14.4 Å². The predicted octanol–water partition coefficient (Wildman–Crippen LogP) is 1.91. The number of aryl methyl sites for hydroxylation is 1. The zero-order valence-corrected chi connectivity index (χ0v) is 21.5. The van der Waals surface area contributed by atoms with Crippen LogP contribution >= 0.6 is 23.4 Å². The monoisotopic (exact) mass is 507 g/mol. The van der Waals surface area contributed by atoms with Crippen LogP contribution in [0.2, 0.25) is 5.02 Å². The van der Waals surface area contributed by atoms with Crippen LogP contribution in [-0.4, -0.2) is 59.0 Å². The minimum atomic E-state index is -0.895. The first kappa shape index (κ1) is 25.3. The Bertz CT molecular complexity index is 974. The zero-order chi connectivity index (χ0) is 24.6. The largest absolute Gasteiger partial charge is 0.347 e. The number of nitrogens with two attached hydrogens (primary N) is 1. The normalized spacial score (nSPS) is 29.0. The Morgan fingerprint density at radius 1 is 1.24 bits per heavy atom. The molecule has 0 spiro atoms. The summed E-state index contributed by atoms with van der Waals surface area (Å²) in [5, 5.41) is 9.32. The van der Waals surface area contributed by atoms with Gasteiger partial charge in [-0.2, -0.15) is 0 Å². The van der Waals surface area contributed by atoms with Gasteiger partial charge in [0.05, 0.1) is 11.4 Å². The van der Waals surface area contributed by atoms with Crippen LogP contribution in [-0.2, 0) is 20.8 Å². The summed E-state index contributed by atoms with van der Waals surface area (Å²) in [6.07, 6.45) is 3.08. The van der Waals surface area contributed by atoms with E-state index in [-0.39, 0.29) is 23.2 Å². The molecule has 2 fully saturated rings. The number of halogens is 1. The lowest BCUT2D eigenvalue weighted by atomic mass is 9.83. The van der Waals surface area contributed by atoms with E-state index in [2.05, 4.69) is 16.0 Å². The number of amides is 3. The first-order valence-electron chi connectivity index (χ1n) is 11.9. The molecule has 8 nitrogen and oxygen atoms in total. The molecule has 0 radical (unpaired) electrons. The molecule has 2 heterocycles. The van der Waals surface area contributed by atoms with Crippen molar-refractivity contribution >= 4 is 41.1 Å². The Hall–Kier alpha value is -1.81. The van der Waals surface area contributed by atoms with E-state index < -0.39 is 29.6 Å². The van der Waals surface area contributed by atoms with Gasteiger partial charge in [0.2, 0.25) is 11.8 Å². The molecule has 4 rings (SSSR count). The lowest BCUT2D eigenvalue weighted by Crippen LogP contribution is -2.59. The number of likely N-dealkylation sites (N-methyl/N-ethyl adjacent to an activating group) is 1. The number of hydrogen-bond donors (Lipinski definition) is 4. The molecule has 186 valence electrons. The Morgan fingerprint density at radius 3 is 2.74 bits per heavy atom. The highest BCUT2D eigenvalue weighted by atomic mass is 35.5. The lowest BCUT2D eigenvalue weighted by molar-refractivity contribution is -0.144. The third-order valence-electron chi connectivity index (χ3n) is 7.19. The van der Waals surface area contributed by atoms with E-state index in [4.69, 9.17) is 17.3 Å². The van der Waals surface area contributed by atoms with E-state index >= 15 is 0 Å². The first-order chi connectivity index (χ1) is 16.1. The van der Waals surface area contributed by atoms with Crippen molar-refractivity contribution in [3.8, 4) is 0 Å². The summed E-state index contributed by atoms with van der Waals surface area (Å²) in [5.41, 5.74) is 7.63. The summed E-state index contributed by atoms with van der Waals surface area (Å²) < 4.78 is 0. The maximum atomic E-state index is 13.7. The number of nitrogens with zero attached hydrogens (tertiary/aromatic N) is 1. The fraction of sp³-hybridized carbons (Fsp3) is 0.625. The van der Waals surface area contributed by atoms with Crippen LogP contribution in [0.25, 0.3) is 0 Å². The Balaban J connectivity index is 1.56. The molecule has 0 saturated carbocycles. The Labute approximate surface area is 210 Å². The average molecular weight is 508 g/mol. The third kappa shape index (κ3) is 4.94. The molecule has 1 aliphatic carbocycles. The minimum Gasteiger partial charge on any atom is -0.347 e. The summed E-state index contributed by atoms with van der Waals surface area (Å²) in [4.78, 5) is 41.5. The molecule has 0 bridgehead atoms. The Morgan fingerprint density at radius 2 is 2.00 bits per heavy atom. The quantitative estimate of drug-likeness (QED) is 0.452. The van der Waals surface area contributed by atoms with Gasteiger partial charge < -0.3 is 21.3 Å². The van der Waals surface area contributed by atoms with Crippen molar-refractivity contribution in [1.29, 1.82) is 0 Å². The molecule has 5 N–H and O–H groups in total. The van der Waals surface area contributed by atoms with Gasteiger partial charge in [-0.05, 0) is 73.6 Å². The van der Waals surface area contributed by atoms with Crippen molar-refractivity contribution in [1.82, 2.24) is 20.9 Å². The smallest absolute Gasteiger partial charge is 0.252 e. The minimum absolute atomic E-state index is 0.101. The van der Waals surface area contributed by atoms with Gasteiger partial charge in [-0.15, -0.1) is 11.8 Å². The molecule has 34 heavy (non-hydrogen) atoms. The highest BCUT2D eigenvalue weighted by Crippen LogP contribution is 2.46. The van der Waals surface area contributed by atoms with Gasteiger partial charge in [0.15, 0.2) is 0 Å². The van der Waals surface area contributed by atoms with Gasteiger partial charge in [-0.3, -0.25) is 19.7 Å². The molecule has 2 saturated heterocycles. The van der Waals surface area contributed by atoms with E-state index in [0.717, 1.165) is 36.8 Å². The number of hydrogen-bond acceptors (Lipinski definition) is 6. The number of nitrogens with one attached hydrogen (secondary N) is 3. The van der Waals surface area contributed by atoms with Gasteiger partial charge >= 0.3 is 0 Å². The molecule has 5 atom stereocenters. The summed E-state index contributed by atoms with van der Waals surface area (Å²) in [5.74, 6) is -0.0732. The second-order valence-electron chi connectivity index (χ2n) is 10.1. The summed E-state index contributed by atoms with van der Waals surface area (Å²) >= 11 is 7.86. The van der Waals surface area contributed by atoms with Crippen LogP contribution in [0.3, 0.4) is 0 Å². The van der Waals surface area contributed by atoms with Crippen molar-refractivity contribution in [2.24, 2.45) is 11.1 Å². The van der Waals surface area contributed by atoms with E-state index in [0.29, 0.717) is 17.2 Å². The summed E-state index contributed by atoms with van der Waals surface area (Å²) in [6, 6.07) is 4.40. The van der Waals surface area contributed by atoms with E-state index in [1.807, 2.05) is 32.0 Å². The first-order valence-corrected chi connectivity index (χ1v) is 13.3. The molecule has 2 aliphatic heterocycles. The lowest BCUT2D eigenvalue weighted by Gasteiger charge is -2.36. The SMILES string of the molecule is CN[C@@H](N)C(=O)N[C@H]1CCS[C@H]2CC(C)(C)[C@@H](C(=O)N[C@@H]3CCCc4cc(Cl)ccc43)N2C1=O. The highest BCUT2D eigenvalue weighted by molar-refractivity contribution is 7.99.